The molecule has 0 aliphatic heterocycles. The Morgan fingerprint density at radius 1 is 1.19 bits per heavy atom. The Hall–Kier alpha value is -0.180. The summed E-state index contributed by atoms with van der Waals surface area (Å²) in [5.74, 6) is 0.620. The van der Waals surface area contributed by atoms with Crippen LogP contribution in [-0.4, -0.2) is 26.2 Å². The van der Waals surface area contributed by atoms with Crippen molar-refractivity contribution in [2.24, 2.45) is 5.92 Å². The summed E-state index contributed by atoms with van der Waals surface area (Å²) >= 11 is 0. The average molecular weight is 250 g/mol. The van der Waals surface area contributed by atoms with Gasteiger partial charge >= 0.3 is 7.60 Å². The van der Waals surface area contributed by atoms with E-state index in [0.29, 0.717) is 12.3 Å². The molecule has 0 spiro atoms. The Morgan fingerprint density at radius 2 is 1.75 bits per heavy atom. The molecule has 0 aromatic heterocycles. The third-order valence-electron chi connectivity index (χ3n) is 2.41. The van der Waals surface area contributed by atoms with Crippen molar-refractivity contribution >= 4 is 13.4 Å². The monoisotopic (exact) mass is 250 g/mol. The van der Waals surface area contributed by atoms with Gasteiger partial charge in [-0.05, 0) is 12.3 Å². The van der Waals surface area contributed by atoms with Crippen molar-refractivity contribution in [2.75, 3.05) is 20.4 Å². The molecular weight excluding hydrogens is 227 g/mol. The molecule has 5 heteroatoms. The van der Waals surface area contributed by atoms with Crippen LogP contribution in [0.5, 0.6) is 0 Å². The zero-order chi connectivity index (χ0) is 12.6. The first-order chi connectivity index (χ1) is 7.43. The maximum Gasteiger partial charge on any atom is 0.337 e. The van der Waals surface area contributed by atoms with Gasteiger partial charge < -0.3 is 9.05 Å². The topological polar surface area (TPSA) is 52.6 Å². The van der Waals surface area contributed by atoms with Crippen LogP contribution in [0.1, 0.15) is 39.5 Å². The van der Waals surface area contributed by atoms with Crippen molar-refractivity contribution in [1.82, 2.24) is 0 Å². The minimum absolute atomic E-state index is 0.0456. The molecule has 0 fully saturated rings. The van der Waals surface area contributed by atoms with Crippen LogP contribution >= 0.6 is 7.60 Å². The smallest absolute Gasteiger partial charge is 0.312 e. The van der Waals surface area contributed by atoms with Crippen molar-refractivity contribution in [1.29, 1.82) is 0 Å². The Balaban J connectivity index is 3.78. The zero-order valence-corrected chi connectivity index (χ0v) is 11.6. The van der Waals surface area contributed by atoms with E-state index in [-0.39, 0.29) is 11.9 Å². The van der Waals surface area contributed by atoms with E-state index < -0.39 is 7.60 Å². The molecule has 0 saturated heterocycles. The van der Waals surface area contributed by atoms with Crippen LogP contribution < -0.4 is 0 Å². The Labute approximate surface area is 98.2 Å². The molecule has 0 bridgehead atoms. The van der Waals surface area contributed by atoms with Gasteiger partial charge in [0.15, 0.2) is 0 Å². The lowest BCUT2D eigenvalue weighted by atomic mass is 10.0. The average Bonchev–Trinajstić information content (AvgIpc) is 2.24. The first kappa shape index (κ1) is 15.8. The van der Waals surface area contributed by atoms with Crippen molar-refractivity contribution in [3.05, 3.63) is 0 Å². The Morgan fingerprint density at radius 3 is 2.19 bits per heavy atom. The van der Waals surface area contributed by atoms with Crippen LogP contribution in [0.4, 0.5) is 0 Å². The van der Waals surface area contributed by atoms with Crippen LogP contribution in [0, 0.1) is 5.92 Å². The number of Topliss-reactive ketones (excluding diaryl/α,β-unsaturated/α-hetero) is 1. The quantitative estimate of drug-likeness (QED) is 0.465. The van der Waals surface area contributed by atoms with E-state index in [1.165, 1.54) is 14.2 Å². The van der Waals surface area contributed by atoms with E-state index in [2.05, 4.69) is 13.8 Å². The second-order valence-electron chi connectivity index (χ2n) is 4.31. The van der Waals surface area contributed by atoms with Gasteiger partial charge in [-0.25, -0.2) is 0 Å². The van der Waals surface area contributed by atoms with Gasteiger partial charge in [-0.15, -0.1) is 0 Å². The molecule has 0 radical (unpaired) electrons. The number of carbonyl (C=O) groups is 1. The van der Waals surface area contributed by atoms with Gasteiger partial charge in [0, 0.05) is 20.6 Å². The lowest BCUT2D eigenvalue weighted by Gasteiger charge is -2.12. The zero-order valence-electron chi connectivity index (χ0n) is 10.7. The molecule has 0 aliphatic carbocycles. The van der Waals surface area contributed by atoms with Gasteiger partial charge in [0.25, 0.3) is 0 Å². The van der Waals surface area contributed by atoms with E-state index in [4.69, 9.17) is 9.05 Å². The largest absolute Gasteiger partial charge is 0.337 e. The molecule has 0 unspecified atom stereocenters. The minimum Gasteiger partial charge on any atom is -0.312 e. The number of ketones is 1. The van der Waals surface area contributed by atoms with Crippen molar-refractivity contribution in [3.8, 4) is 0 Å². The van der Waals surface area contributed by atoms with E-state index >= 15 is 0 Å². The molecule has 0 saturated carbocycles. The first-order valence-electron chi connectivity index (χ1n) is 5.65. The van der Waals surface area contributed by atoms with Gasteiger partial charge in [-0.2, -0.15) is 0 Å². The van der Waals surface area contributed by atoms with Crippen LogP contribution in [0.15, 0.2) is 0 Å². The number of hydrogen-bond acceptors (Lipinski definition) is 4. The minimum atomic E-state index is -3.15. The summed E-state index contributed by atoms with van der Waals surface area (Å²) in [6, 6.07) is 0. The predicted molar refractivity (Wildman–Crippen MR) is 64.8 cm³/mol. The highest BCUT2D eigenvalue weighted by atomic mass is 31.2. The molecule has 0 aromatic rings. The summed E-state index contributed by atoms with van der Waals surface area (Å²) in [6.45, 7) is 4.32. The molecular formula is C11H23O4P. The molecule has 0 atom stereocenters. The Bertz CT molecular complexity index is 242. The molecule has 0 aromatic carbocycles. The SMILES string of the molecule is COP(=O)(CC(=O)CCCCC(C)C)OC. The fourth-order valence-electron chi connectivity index (χ4n) is 1.37. The molecule has 4 nitrogen and oxygen atoms in total. The molecule has 0 N–H and O–H groups in total. The van der Waals surface area contributed by atoms with Gasteiger partial charge in [-0.1, -0.05) is 26.7 Å². The van der Waals surface area contributed by atoms with E-state index in [1.54, 1.807) is 0 Å². The van der Waals surface area contributed by atoms with Crippen LogP contribution in [0.2, 0.25) is 0 Å². The second kappa shape index (κ2) is 7.99. The van der Waals surface area contributed by atoms with Crippen LogP contribution in [0.3, 0.4) is 0 Å². The maximum absolute atomic E-state index is 11.6. The van der Waals surface area contributed by atoms with Crippen LogP contribution in [0.25, 0.3) is 0 Å². The van der Waals surface area contributed by atoms with Gasteiger partial charge in [0.05, 0.1) is 0 Å². The normalized spacial score (nSPS) is 12.1. The van der Waals surface area contributed by atoms with E-state index in [0.717, 1.165) is 19.3 Å². The number of hydrogen-bond donors (Lipinski definition) is 0. The summed E-state index contributed by atoms with van der Waals surface area (Å²) < 4.78 is 21.1. The number of rotatable bonds is 9. The highest BCUT2D eigenvalue weighted by Gasteiger charge is 2.24. The third kappa shape index (κ3) is 7.15. The molecule has 16 heavy (non-hydrogen) atoms. The first-order valence-corrected chi connectivity index (χ1v) is 7.38. The molecule has 0 amide bonds. The van der Waals surface area contributed by atoms with Gasteiger partial charge in [0.2, 0.25) is 0 Å². The van der Waals surface area contributed by atoms with Crippen molar-refractivity contribution in [3.63, 3.8) is 0 Å². The molecule has 0 aliphatic rings. The lowest BCUT2D eigenvalue weighted by molar-refractivity contribution is -0.117. The Kier molecular flexibility index (Phi) is 7.90. The van der Waals surface area contributed by atoms with Gasteiger partial charge in [-0.3, -0.25) is 9.36 Å². The standard InChI is InChI=1S/C11H23O4P/c1-10(2)7-5-6-8-11(12)9-16(13,14-3)15-4/h10H,5-9H2,1-4H3. The molecule has 96 valence electrons. The number of unbranched alkanes of at least 4 members (excludes halogenated alkanes) is 1. The van der Waals surface area contributed by atoms with E-state index in [9.17, 15) is 9.36 Å². The summed E-state index contributed by atoms with van der Waals surface area (Å²) in [7, 11) is -0.551. The fourth-order valence-corrected chi connectivity index (χ4v) is 2.37. The van der Waals surface area contributed by atoms with Crippen molar-refractivity contribution < 1.29 is 18.4 Å². The fraction of sp³-hybridized carbons (Fsp3) is 0.909. The lowest BCUT2D eigenvalue weighted by Crippen LogP contribution is -2.07. The van der Waals surface area contributed by atoms with Gasteiger partial charge in [0.1, 0.15) is 11.9 Å². The summed E-state index contributed by atoms with van der Waals surface area (Å²) in [4.78, 5) is 11.5. The van der Waals surface area contributed by atoms with Crippen LogP contribution in [-0.2, 0) is 18.4 Å². The summed E-state index contributed by atoms with van der Waals surface area (Å²) in [6.07, 6.45) is 3.36. The second-order valence-corrected chi connectivity index (χ2v) is 6.58. The molecule has 0 rings (SSSR count). The molecule has 0 heterocycles. The predicted octanol–water partition coefficient (Wildman–Crippen LogP) is 3.26. The summed E-state index contributed by atoms with van der Waals surface area (Å²) in [5.41, 5.74) is 0. The van der Waals surface area contributed by atoms with E-state index in [1.807, 2.05) is 0 Å². The maximum atomic E-state index is 11.6. The highest BCUT2D eigenvalue weighted by molar-refractivity contribution is 7.54. The van der Waals surface area contributed by atoms with Crippen molar-refractivity contribution in [2.45, 2.75) is 39.5 Å². The number of carbonyl (C=O) groups excluding carboxylic acids is 1. The highest BCUT2D eigenvalue weighted by Crippen LogP contribution is 2.46. The summed E-state index contributed by atoms with van der Waals surface area (Å²) in [5, 5.41) is 0. The third-order valence-corrected chi connectivity index (χ3v) is 4.27.